The summed E-state index contributed by atoms with van der Waals surface area (Å²) in [5.41, 5.74) is 6.55. The highest BCUT2D eigenvalue weighted by molar-refractivity contribution is 5.92. The van der Waals surface area contributed by atoms with Crippen LogP contribution in [-0.2, 0) is 0 Å². The first-order chi connectivity index (χ1) is 6.16. The number of nitrogen functional groups attached to an aromatic ring is 1. The summed E-state index contributed by atoms with van der Waals surface area (Å²) >= 11 is 0. The smallest absolute Gasteiger partial charge is 0.371 e. The van der Waals surface area contributed by atoms with Crippen LogP contribution in [0.1, 0.15) is 10.6 Å². The largest absolute Gasteiger partial charge is 0.475 e. The molecule has 1 aromatic carbocycles. The number of hydrogen-bond acceptors (Lipinski definition) is 3. The van der Waals surface area contributed by atoms with Crippen LogP contribution in [0.4, 0.5) is 5.69 Å². The normalized spacial score (nSPS) is 10.5. The van der Waals surface area contributed by atoms with Crippen molar-refractivity contribution in [2.75, 3.05) is 5.73 Å². The lowest BCUT2D eigenvalue weighted by Crippen LogP contribution is -1.91. The molecule has 3 N–H and O–H groups in total. The first kappa shape index (κ1) is 7.67. The van der Waals surface area contributed by atoms with E-state index < -0.39 is 5.97 Å². The molecule has 0 aliphatic carbocycles. The van der Waals surface area contributed by atoms with Crippen LogP contribution in [0.3, 0.4) is 0 Å². The minimum absolute atomic E-state index is 0.0689. The number of fused-ring (bicyclic) bond motifs is 1. The number of carboxylic acid groups (broad SMARTS) is 1. The van der Waals surface area contributed by atoms with Crippen LogP contribution in [0.5, 0.6) is 0 Å². The van der Waals surface area contributed by atoms with E-state index in [0.29, 0.717) is 11.3 Å². The summed E-state index contributed by atoms with van der Waals surface area (Å²) in [4.78, 5) is 10.5. The molecule has 66 valence electrons. The van der Waals surface area contributed by atoms with Crippen LogP contribution in [-0.4, -0.2) is 11.1 Å². The van der Waals surface area contributed by atoms with Gasteiger partial charge in [-0.3, -0.25) is 0 Å². The Labute approximate surface area is 73.6 Å². The molecule has 0 aliphatic rings. The van der Waals surface area contributed by atoms with E-state index >= 15 is 0 Å². The number of anilines is 1. The molecule has 0 amide bonds. The van der Waals surface area contributed by atoms with E-state index in [4.69, 9.17) is 15.3 Å². The SMILES string of the molecule is Nc1ccc2cc(C(=O)O)oc2c1. The van der Waals surface area contributed by atoms with E-state index in [0.717, 1.165) is 5.39 Å². The third-order valence-corrected chi connectivity index (χ3v) is 1.75. The fourth-order valence-electron chi connectivity index (χ4n) is 1.15. The van der Waals surface area contributed by atoms with Gasteiger partial charge in [0.1, 0.15) is 5.58 Å². The summed E-state index contributed by atoms with van der Waals surface area (Å²) in [6, 6.07) is 6.49. The highest BCUT2D eigenvalue weighted by atomic mass is 16.4. The Bertz CT molecular complexity index is 473. The van der Waals surface area contributed by atoms with Gasteiger partial charge >= 0.3 is 5.97 Å². The van der Waals surface area contributed by atoms with Crippen LogP contribution in [0.25, 0.3) is 11.0 Å². The Kier molecular flexibility index (Phi) is 1.48. The lowest BCUT2D eigenvalue weighted by Gasteiger charge is -1.89. The molecule has 4 heteroatoms. The topological polar surface area (TPSA) is 76.5 Å². The molecule has 0 spiro atoms. The Morgan fingerprint density at radius 1 is 1.38 bits per heavy atom. The van der Waals surface area contributed by atoms with Gasteiger partial charge in [-0.15, -0.1) is 0 Å². The number of nitrogens with two attached hydrogens (primary N) is 1. The van der Waals surface area contributed by atoms with Crippen molar-refractivity contribution in [3.05, 3.63) is 30.0 Å². The van der Waals surface area contributed by atoms with Crippen molar-refractivity contribution in [3.8, 4) is 0 Å². The van der Waals surface area contributed by atoms with Crippen LogP contribution < -0.4 is 5.73 Å². The van der Waals surface area contributed by atoms with Gasteiger partial charge in [0.25, 0.3) is 0 Å². The second kappa shape index (κ2) is 2.52. The number of furan rings is 1. The van der Waals surface area contributed by atoms with E-state index in [9.17, 15) is 4.79 Å². The first-order valence-corrected chi connectivity index (χ1v) is 3.69. The predicted molar refractivity (Wildman–Crippen MR) is 47.6 cm³/mol. The minimum atomic E-state index is -1.07. The number of rotatable bonds is 1. The highest BCUT2D eigenvalue weighted by Gasteiger charge is 2.09. The third-order valence-electron chi connectivity index (χ3n) is 1.75. The zero-order chi connectivity index (χ0) is 9.42. The van der Waals surface area contributed by atoms with Gasteiger partial charge in [0.05, 0.1) is 0 Å². The average molecular weight is 177 g/mol. The zero-order valence-corrected chi connectivity index (χ0v) is 6.65. The Morgan fingerprint density at radius 2 is 2.15 bits per heavy atom. The van der Waals surface area contributed by atoms with Gasteiger partial charge in [0.15, 0.2) is 0 Å². The molecule has 4 nitrogen and oxygen atoms in total. The van der Waals surface area contributed by atoms with E-state index in [1.165, 1.54) is 6.07 Å². The van der Waals surface area contributed by atoms with Gasteiger partial charge in [-0.05, 0) is 18.2 Å². The van der Waals surface area contributed by atoms with Crippen LogP contribution >= 0.6 is 0 Å². The maximum Gasteiger partial charge on any atom is 0.371 e. The number of aromatic carboxylic acids is 1. The van der Waals surface area contributed by atoms with Crippen molar-refractivity contribution >= 4 is 22.6 Å². The van der Waals surface area contributed by atoms with Gasteiger partial charge in [-0.2, -0.15) is 0 Å². The van der Waals surface area contributed by atoms with Crippen LogP contribution in [0.15, 0.2) is 28.7 Å². The molecule has 2 rings (SSSR count). The van der Waals surface area contributed by atoms with E-state index in [-0.39, 0.29) is 5.76 Å². The molecule has 0 saturated heterocycles. The van der Waals surface area contributed by atoms with Crippen molar-refractivity contribution < 1.29 is 14.3 Å². The molecule has 1 aromatic heterocycles. The Morgan fingerprint density at radius 3 is 2.85 bits per heavy atom. The summed E-state index contributed by atoms with van der Waals surface area (Å²) in [6.07, 6.45) is 0. The quantitative estimate of drug-likeness (QED) is 0.650. The molecule has 0 aliphatic heterocycles. The fraction of sp³-hybridized carbons (Fsp3) is 0. The molecule has 1 heterocycles. The minimum Gasteiger partial charge on any atom is -0.475 e. The molecule has 0 saturated carbocycles. The lowest BCUT2D eigenvalue weighted by molar-refractivity contribution is 0.0665. The van der Waals surface area contributed by atoms with Gasteiger partial charge in [-0.25, -0.2) is 4.79 Å². The maximum atomic E-state index is 10.5. The first-order valence-electron chi connectivity index (χ1n) is 3.69. The van der Waals surface area contributed by atoms with Crippen molar-refractivity contribution in [2.45, 2.75) is 0 Å². The number of carboxylic acids is 1. The highest BCUT2D eigenvalue weighted by Crippen LogP contribution is 2.21. The van der Waals surface area contributed by atoms with Crippen LogP contribution in [0.2, 0.25) is 0 Å². The summed E-state index contributed by atoms with van der Waals surface area (Å²) in [5.74, 6) is -1.14. The number of hydrogen-bond donors (Lipinski definition) is 2. The molecule has 0 radical (unpaired) electrons. The van der Waals surface area contributed by atoms with Gasteiger partial charge < -0.3 is 15.3 Å². The van der Waals surface area contributed by atoms with Gasteiger partial charge in [0.2, 0.25) is 5.76 Å². The summed E-state index contributed by atoms with van der Waals surface area (Å²) in [5, 5.41) is 9.37. The zero-order valence-electron chi connectivity index (χ0n) is 6.65. The van der Waals surface area contributed by atoms with E-state index in [1.807, 2.05) is 0 Å². The van der Waals surface area contributed by atoms with Crippen molar-refractivity contribution in [2.24, 2.45) is 0 Å². The fourth-order valence-corrected chi connectivity index (χ4v) is 1.15. The molecule has 13 heavy (non-hydrogen) atoms. The summed E-state index contributed by atoms with van der Waals surface area (Å²) in [7, 11) is 0. The lowest BCUT2D eigenvalue weighted by atomic mass is 10.2. The van der Waals surface area contributed by atoms with Gasteiger partial charge in [-0.1, -0.05) is 0 Å². The predicted octanol–water partition coefficient (Wildman–Crippen LogP) is 1.71. The molecular formula is C9H7NO3. The Balaban J connectivity index is 2.68. The average Bonchev–Trinajstić information content (AvgIpc) is 2.46. The van der Waals surface area contributed by atoms with Crippen LogP contribution in [0, 0.1) is 0 Å². The molecule has 0 unspecified atom stereocenters. The van der Waals surface area contributed by atoms with Gasteiger partial charge in [0, 0.05) is 17.1 Å². The molecule has 0 bridgehead atoms. The van der Waals surface area contributed by atoms with Crippen molar-refractivity contribution in [1.82, 2.24) is 0 Å². The summed E-state index contributed by atoms with van der Waals surface area (Å²) < 4.78 is 5.03. The number of carbonyl (C=O) groups is 1. The van der Waals surface area contributed by atoms with Crippen molar-refractivity contribution in [1.29, 1.82) is 0 Å². The Hall–Kier alpha value is -1.97. The second-order valence-corrected chi connectivity index (χ2v) is 2.71. The number of benzene rings is 1. The van der Waals surface area contributed by atoms with Crippen molar-refractivity contribution in [3.63, 3.8) is 0 Å². The molecule has 2 aromatic rings. The third kappa shape index (κ3) is 1.22. The maximum absolute atomic E-state index is 10.5. The summed E-state index contributed by atoms with van der Waals surface area (Å²) in [6.45, 7) is 0. The van der Waals surface area contributed by atoms with E-state index in [1.54, 1.807) is 18.2 Å². The monoisotopic (exact) mass is 177 g/mol. The standard InChI is InChI=1S/C9H7NO3/c10-6-2-1-5-3-8(9(11)12)13-7(5)4-6/h1-4H,10H2,(H,11,12). The molecule has 0 atom stereocenters. The second-order valence-electron chi connectivity index (χ2n) is 2.71. The molecule has 0 fully saturated rings. The molecular weight excluding hydrogens is 170 g/mol. The van der Waals surface area contributed by atoms with E-state index in [2.05, 4.69) is 0 Å².